The van der Waals surface area contributed by atoms with E-state index in [0.29, 0.717) is 19.8 Å². The van der Waals surface area contributed by atoms with E-state index in [9.17, 15) is 9.59 Å². The number of anilines is 1. The predicted octanol–water partition coefficient (Wildman–Crippen LogP) is 4.96. The molecule has 2 aromatic heterocycles. The van der Waals surface area contributed by atoms with Gasteiger partial charge in [0.05, 0.1) is 17.1 Å². The smallest absolute Gasteiger partial charge is 0.348 e. The van der Waals surface area contributed by atoms with Gasteiger partial charge in [0.25, 0.3) is 5.91 Å². The van der Waals surface area contributed by atoms with Crippen LogP contribution >= 0.6 is 34.3 Å². The summed E-state index contributed by atoms with van der Waals surface area (Å²) in [6.45, 7) is 1.80. The van der Waals surface area contributed by atoms with Crippen LogP contribution in [0.3, 0.4) is 0 Å². The van der Waals surface area contributed by atoms with Crippen molar-refractivity contribution in [2.75, 3.05) is 12.4 Å². The second-order valence-electron chi connectivity index (χ2n) is 4.81. The second-order valence-corrected chi connectivity index (χ2v) is 7.29. The van der Waals surface area contributed by atoms with Crippen molar-refractivity contribution in [3.8, 4) is 0 Å². The summed E-state index contributed by atoms with van der Waals surface area (Å²) in [6.07, 6.45) is 0. The van der Waals surface area contributed by atoms with Crippen LogP contribution in [-0.4, -0.2) is 19.0 Å². The predicted molar refractivity (Wildman–Crippen MR) is 95.2 cm³/mol. The zero-order valence-electron chi connectivity index (χ0n) is 12.3. The highest BCUT2D eigenvalue weighted by Gasteiger charge is 2.19. The molecule has 0 spiro atoms. The van der Waals surface area contributed by atoms with E-state index < -0.39 is 5.97 Å². The molecule has 0 aliphatic carbocycles. The molecule has 0 aliphatic rings. The maximum Gasteiger partial charge on any atom is 0.348 e. The summed E-state index contributed by atoms with van der Waals surface area (Å²) in [5, 5.41) is 4.69. The minimum atomic E-state index is -0.409. The lowest BCUT2D eigenvalue weighted by Crippen LogP contribution is -2.09. The minimum absolute atomic E-state index is 0.283. The van der Waals surface area contributed by atoms with Crippen molar-refractivity contribution in [3.63, 3.8) is 0 Å². The Balaban J connectivity index is 1.89. The van der Waals surface area contributed by atoms with Crippen molar-refractivity contribution in [3.05, 3.63) is 50.7 Å². The number of carbonyl (C=O) groups excluding carboxylic acids is 2. The van der Waals surface area contributed by atoms with Crippen molar-refractivity contribution >= 4 is 61.2 Å². The van der Waals surface area contributed by atoms with E-state index in [0.717, 1.165) is 15.6 Å². The van der Waals surface area contributed by atoms with Gasteiger partial charge in [-0.15, -0.1) is 22.7 Å². The van der Waals surface area contributed by atoms with Crippen LogP contribution in [0.15, 0.2) is 30.3 Å². The van der Waals surface area contributed by atoms with E-state index in [-0.39, 0.29) is 5.91 Å². The van der Waals surface area contributed by atoms with Crippen LogP contribution in [0.5, 0.6) is 0 Å². The summed E-state index contributed by atoms with van der Waals surface area (Å²) in [7, 11) is 1.33. The van der Waals surface area contributed by atoms with Gasteiger partial charge < -0.3 is 10.1 Å². The highest BCUT2D eigenvalue weighted by Crippen LogP contribution is 2.36. The summed E-state index contributed by atoms with van der Waals surface area (Å²) < 4.78 is 5.68. The molecule has 2 heterocycles. The molecule has 0 unspecified atom stereocenters. The van der Waals surface area contributed by atoms with Crippen molar-refractivity contribution < 1.29 is 14.3 Å². The highest BCUT2D eigenvalue weighted by atomic mass is 35.5. The molecule has 0 atom stereocenters. The Morgan fingerprint density at radius 3 is 2.61 bits per heavy atom. The zero-order chi connectivity index (χ0) is 16.6. The van der Waals surface area contributed by atoms with Crippen molar-refractivity contribution in [1.29, 1.82) is 0 Å². The molecule has 1 amide bonds. The molecule has 1 N–H and O–H groups in total. The van der Waals surface area contributed by atoms with Gasteiger partial charge in [-0.3, -0.25) is 4.79 Å². The third-order valence-electron chi connectivity index (χ3n) is 3.27. The van der Waals surface area contributed by atoms with Crippen LogP contribution in [0.4, 0.5) is 5.00 Å². The monoisotopic (exact) mass is 365 g/mol. The number of esters is 1. The van der Waals surface area contributed by atoms with E-state index in [1.807, 2.05) is 24.3 Å². The lowest BCUT2D eigenvalue weighted by Gasteiger charge is -2.00. The van der Waals surface area contributed by atoms with Gasteiger partial charge >= 0.3 is 5.97 Å². The van der Waals surface area contributed by atoms with Crippen LogP contribution in [0.25, 0.3) is 10.1 Å². The fourth-order valence-electron chi connectivity index (χ4n) is 2.17. The van der Waals surface area contributed by atoms with Crippen LogP contribution in [0.1, 0.15) is 24.9 Å². The van der Waals surface area contributed by atoms with E-state index in [1.54, 1.807) is 13.0 Å². The SMILES string of the molecule is COC(=O)c1sc(NC(=O)c2sc3ccccc3c2Cl)cc1C. The van der Waals surface area contributed by atoms with Gasteiger partial charge in [0.1, 0.15) is 9.75 Å². The average molecular weight is 366 g/mol. The first-order valence-electron chi connectivity index (χ1n) is 6.68. The number of nitrogens with one attached hydrogen (secondary N) is 1. The highest BCUT2D eigenvalue weighted by molar-refractivity contribution is 7.22. The Bertz CT molecular complexity index is 913. The molecule has 0 saturated heterocycles. The molecular formula is C16H12ClNO3S2. The van der Waals surface area contributed by atoms with Gasteiger partial charge in [0.15, 0.2) is 0 Å². The number of fused-ring (bicyclic) bond motifs is 1. The number of benzene rings is 1. The molecule has 7 heteroatoms. The summed E-state index contributed by atoms with van der Waals surface area (Å²) >= 11 is 8.83. The van der Waals surface area contributed by atoms with Gasteiger partial charge in [-0.1, -0.05) is 29.8 Å². The quantitative estimate of drug-likeness (QED) is 0.667. The second kappa shape index (κ2) is 6.31. The van der Waals surface area contributed by atoms with Gasteiger partial charge in [-0.2, -0.15) is 0 Å². The lowest BCUT2D eigenvalue weighted by atomic mass is 10.2. The molecule has 0 aliphatic heterocycles. The van der Waals surface area contributed by atoms with Crippen LogP contribution in [0, 0.1) is 6.92 Å². The summed E-state index contributed by atoms with van der Waals surface area (Å²) in [6, 6.07) is 9.34. The molecule has 118 valence electrons. The molecule has 3 aromatic rings. The fourth-order valence-corrected chi connectivity index (χ4v) is 4.57. The van der Waals surface area contributed by atoms with E-state index in [4.69, 9.17) is 16.3 Å². The van der Waals surface area contributed by atoms with Crippen molar-refractivity contribution in [1.82, 2.24) is 0 Å². The number of ether oxygens (including phenoxy) is 1. The number of amides is 1. The summed E-state index contributed by atoms with van der Waals surface area (Å²) in [5.41, 5.74) is 0.764. The number of hydrogen-bond donors (Lipinski definition) is 1. The van der Waals surface area contributed by atoms with E-state index >= 15 is 0 Å². The number of aryl methyl sites for hydroxylation is 1. The van der Waals surface area contributed by atoms with Crippen molar-refractivity contribution in [2.45, 2.75) is 6.92 Å². The van der Waals surface area contributed by atoms with Gasteiger partial charge in [-0.25, -0.2) is 4.79 Å². The Hall–Kier alpha value is -1.89. The zero-order valence-corrected chi connectivity index (χ0v) is 14.7. The Kier molecular flexibility index (Phi) is 4.39. The first kappa shape index (κ1) is 16.0. The van der Waals surface area contributed by atoms with Gasteiger partial charge in [0, 0.05) is 10.1 Å². The molecule has 0 saturated carbocycles. The Morgan fingerprint density at radius 1 is 1.17 bits per heavy atom. The van der Waals surface area contributed by atoms with Gasteiger partial charge in [0.2, 0.25) is 0 Å². The first-order chi connectivity index (χ1) is 11.0. The number of hydrogen-bond acceptors (Lipinski definition) is 5. The molecule has 0 bridgehead atoms. The standard InChI is InChI=1S/C16H12ClNO3S2/c1-8-7-11(23-13(8)16(20)21-2)18-15(19)14-12(17)9-5-3-4-6-10(9)22-14/h3-7H,1-2H3,(H,18,19). The molecule has 23 heavy (non-hydrogen) atoms. The summed E-state index contributed by atoms with van der Waals surface area (Å²) in [4.78, 5) is 25.0. The van der Waals surface area contributed by atoms with Crippen LogP contribution < -0.4 is 5.32 Å². The average Bonchev–Trinajstić information content (AvgIpc) is 3.07. The Morgan fingerprint density at radius 2 is 1.91 bits per heavy atom. The number of methoxy groups -OCH3 is 1. The number of rotatable bonds is 3. The maximum atomic E-state index is 12.5. The number of thiophene rings is 2. The molecular weight excluding hydrogens is 354 g/mol. The first-order valence-corrected chi connectivity index (χ1v) is 8.69. The molecule has 0 fully saturated rings. The topological polar surface area (TPSA) is 55.4 Å². The van der Waals surface area contributed by atoms with Crippen LogP contribution in [-0.2, 0) is 4.74 Å². The van der Waals surface area contributed by atoms with E-state index in [2.05, 4.69) is 5.32 Å². The fraction of sp³-hybridized carbons (Fsp3) is 0.125. The largest absolute Gasteiger partial charge is 0.465 e. The normalized spacial score (nSPS) is 10.7. The molecule has 4 nitrogen and oxygen atoms in total. The lowest BCUT2D eigenvalue weighted by molar-refractivity contribution is 0.0605. The minimum Gasteiger partial charge on any atom is -0.465 e. The molecule has 3 rings (SSSR count). The molecule has 1 aromatic carbocycles. The van der Waals surface area contributed by atoms with Crippen molar-refractivity contribution in [2.24, 2.45) is 0 Å². The molecule has 0 radical (unpaired) electrons. The number of halogens is 1. The summed E-state index contributed by atoms with van der Waals surface area (Å²) in [5.74, 6) is -0.693. The van der Waals surface area contributed by atoms with Gasteiger partial charge in [-0.05, 0) is 24.6 Å². The number of carbonyl (C=O) groups is 2. The van der Waals surface area contributed by atoms with E-state index in [1.165, 1.54) is 29.8 Å². The van der Waals surface area contributed by atoms with Crippen LogP contribution in [0.2, 0.25) is 5.02 Å². The third kappa shape index (κ3) is 2.97. The maximum absolute atomic E-state index is 12.5. The third-order valence-corrected chi connectivity index (χ3v) is 6.07. The Labute approximate surface area is 145 Å².